The van der Waals surface area contributed by atoms with Gasteiger partial charge in [0.15, 0.2) is 6.61 Å². The number of ether oxygens (including phenoxy) is 1. The van der Waals surface area contributed by atoms with Crippen LogP contribution >= 0.6 is 0 Å². The first kappa shape index (κ1) is 16.1. The molecule has 0 radical (unpaired) electrons. The average Bonchev–Trinajstić information content (AvgIpc) is 2.34. The lowest BCUT2D eigenvalue weighted by Crippen LogP contribution is -2.19. The molecule has 0 aliphatic carbocycles. The standard InChI is InChI=1S/C13H16F3NO3/c1-9(2-7-12(18)19)17-10-3-5-11(6-4-10)20-8-13(14,15)16/h3-6,9,17H,2,7-8H2,1H3,(H,18,19). The Morgan fingerprint density at radius 2 is 1.95 bits per heavy atom. The van der Waals surface area contributed by atoms with Gasteiger partial charge in [-0.05, 0) is 37.6 Å². The van der Waals surface area contributed by atoms with Gasteiger partial charge in [-0.15, -0.1) is 0 Å². The predicted octanol–water partition coefficient (Wildman–Crippen LogP) is 3.29. The van der Waals surface area contributed by atoms with Crippen LogP contribution in [0.2, 0.25) is 0 Å². The molecule has 4 nitrogen and oxygen atoms in total. The zero-order valence-corrected chi connectivity index (χ0v) is 10.9. The maximum atomic E-state index is 12.0. The van der Waals surface area contributed by atoms with Gasteiger partial charge in [0.05, 0.1) is 0 Å². The Morgan fingerprint density at radius 3 is 2.45 bits per heavy atom. The van der Waals surface area contributed by atoms with E-state index in [-0.39, 0.29) is 18.2 Å². The first-order valence-electron chi connectivity index (χ1n) is 6.04. The summed E-state index contributed by atoms with van der Waals surface area (Å²) in [4.78, 5) is 10.4. The predicted molar refractivity (Wildman–Crippen MR) is 67.9 cm³/mol. The Balaban J connectivity index is 2.44. The van der Waals surface area contributed by atoms with Crippen molar-refractivity contribution < 1.29 is 27.8 Å². The zero-order valence-electron chi connectivity index (χ0n) is 10.9. The molecular formula is C13H16F3NO3. The molecule has 0 amide bonds. The second-order valence-electron chi connectivity index (χ2n) is 4.41. The van der Waals surface area contributed by atoms with E-state index in [0.29, 0.717) is 12.1 Å². The van der Waals surface area contributed by atoms with Crippen molar-refractivity contribution in [2.75, 3.05) is 11.9 Å². The molecule has 7 heteroatoms. The molecule has 0 fully saturated rings. The lowest BCUT2D eigenvalue weighted by atomic mass is 10.1. The van der Waals surface area contributed by atoms with Crippen molar-refractivity contribution in [3.8, 4) is 5.75 Å². The first-order chi connectivity index (χ1) is 9.26. The van der Waals surface area contributed by atoms with Gasteiger partial charge in [0.2, 0.25) is 0 Å². The van der Waals surface area contributed by atoms with E-state index in [1.807, 2.05) is 6.92 Å². The van der Waals surface area contributed by atoms with Crippen molar-refractivity contribution in [1.29, 1.82) is 0 Å². The summed E-state index contributed by atoms with van der Waals surface area (Å²) in [6.07, 6.45) is -3.84. The normalized spacial score (nSPS) is 12.8. The van der Waals surface area contributed by atoms with E-state index in [4.69, 9.17) is 5.11 Å². The lowest BCUT2D eigenvalue weighted by molar-refractivity contribution is -0.153. The summed E-state index contributed by atoms with van der Waals surface area (Å²) in [6.45, 7) is 0.506. The van der Waals surface area contributed by atoms with Crippen LogP contribution in [0.4, 0.5) is 18.9 Å². The largest absolute Gasteiger partial charge is 0.484 e. The molecular weight excluding hydrogens is 275 g/mol. The first-order valence-corrected chi connectivity index (χ1v) is 6.04. The van der Waals surface area contributed by atoms with E-state index in [1.54, 1.807) is 12.1 Å². The highest BCUT2D eigenvalue weighted by Crippen LogP contribution is 2.20. The maximum Gasteiger partial charge on any atom is 0.422 e. The van der Waals surface area contributed by atoms with E-state index < -0.39 is 18.8 Å². The van der Waals surface area contributed by atoms with Crippen LogP contribution in [-0.2, 0) is 4.79 Å². The number of benzene rings is 1. The maximum absolute atomic E-state index is 12.0. The van der Waals surface area contributed by atoms with Gasteiger partial charge in [0.25, 0.3) is 0 Å². The fourth-order valence-corrected chi connectivity index (χ4v) is 1.51. The number of aliphatic carboxylic acids is 1. The second kappa shape index (κ2) is 7.02. The van der Waals surface area contributed by atoms with Crippen molar-refractivity contribution in [3.05, 3.63) is 24.3 Å². The molecule has 1 aromatic carbocycles. The summed E-state index contributed by atoms with van der Waals surface area (Å²) < 4.78 is 40.5. The van der Waals surface area contributed by atoms with E-state index >= 15 is 0 Å². The third-order valence-corrected chi connectivity index (χ3v) is 2.46. The minimum absolute atomic E-state index is 0.0481. The summed E-state index contributed by atoms with van der Waals surface area (Å²) in [6, 6.07) is 5.98. The number of carbonyl (C=O) groups is 1. The minimum Gasteiger partial charge on any atom is -0.484 e. The lowest BCUT2D eigenvalue weighted by Gasteiger charge is -2.15. The van der Waals surface area contributed by atoms with Crippen LogP contribution in [0.5, 0.6) is 5.75 Å². The number of hydrogen-bond acceptors (Lipinski definition) is 3. The van der Waals surface area contributed by atoms with Crippen LogP contribution < -0.4 is 10.1 Å². The zero-order chi connectivity index (χ0) is 15.2. The van der Waals surface area contributed by atoms with Crippen LogP contribution in [0.25, 0.3) is 0 Å². The third kappa shape index (κ3) is 6.86. The number of halogens is 3. The molecule has 0 heterocycles. The molecule has 0 spiro atoms. The van der Waals surface area contributed by atoms with Crippen LogP contribution in [0.15, 0.2) is 24.3 Å². The summed E-state index contributed by atoms with van der Waals surface area (Å²) in [5.74, 6) is -0.736. The van der Waals surface area contributed by atoms with E-state index in [9.17, 15) is 18.0 Å². The topological polar surface area (TPSA) is 58.6 Å². The molecule has 1 atom stereocenters. The molecule has 0 aliphatic heterocycles. The van der Waals surface area contributed by atoms with Gasteiger partial charge in [0, 0.05) is 18.2 Å². The van der Waals surface area contributed by atoms with Gasteiger partial charge in [-0.2, -0.15) is 13.2 Å². The Morgan fingerprint density at radius 1 is 1.35 bits per heavy atom. The van der Waals surface area contributed by atoms with Crippen LogP contribution in [0.1, 0.15) is 19.8 Å². The Hall–Kier alpha value is -1.92. The Kier molecular flexibility index (Phi) is 5.66. The smallest absolute Gasteiger partial charge is 0.422 e. The summed E-state index contributed by atoms with van der Waals surface area (Å²) >= 11 is 0. The van der Waals surface area contributed by atoms with Gasteiger partial charge in [-0.1, -0.05) is 0 Å². The number of carboxylic acid groups (broad SMARTS) is 1. The molecule has 20 heavy (non-hydrogen) atoms. The van der Waals surface area contributed by atoms with E-state index in [2.05, 4.69) is 10.1 Å². The summed E-state index contributed by atoms with van der Waals surface area (Å²) in [5, 5.41) is 11.6. The molecule has 1 rings (SSSR count). The Labute approximate surface area is 114 Å². The quantitative estimate of drug-likeness (QED) is 0.809. The molecule has 1 aromatic rings. The van der Waals surface area contributed by atoms with Gasteiger partial charge in [-0.3, -0.25) is 4.79 Å². The second-order valence-corrected chi connectivity index (χ2v) is 4.41. The number of rotatable bonds is 7. The molecule has 2 N–H and O–H groups in total. The van der Waals surface area contributed by atoms with Crippen LogP contribution in [0, 0.1) is 0 Å². The minimum atomic E-state index is -4.36. The van der Waals surface area contributed by atoms with Gasteiger partial charge >= 0.3 is 12.1 Å². The SMILES string of the molecule is CC(CCC(=O)O)Nc1ccc(OCC(F)(F)F)cc1. The molecule has 0 aliphatic rings. The molecule has 1 unspecified atom stereocenters. The summed E-state index contributed by atoms with van der Waals surface area (Å²) in [5.41, 5.74) is 0.697. The van der Waals surface area contributed by atoms with Crippen molar-refractivity contribution in [2.45, 2.75) is 32.0 Å². The van der Waals surface area contributed by atoms with Crippen molar-refractivity contribution >= 4 is 11.7 Å². The molecule has 0 saturated carbocycles. The molecule has 0 aromatic heterocycles. The van der Waals surface area contributed by atoms with Gasteiger partial charge in [0.1, 0.15) is 5.75 Å². The van der Waals surface area contributed by atoms with Crippen LogP contribution in [-0.4, -0.2) is 29.9 Å². The number of nitrogens with one attached hydrogen (secondary N) is 1. The average molecular weight is 291 g/mol. The fraction of sp³-hybridized carbons (Fsp3) is 0.462. The molecule has 0 saturated heterocycles. The van der Waals surface area contributed by atoms with Crippen molar-refractivity contribution in [1.82, 2.24) is 0 Å². The van der Waals surface area contributed by atoms with E-state index in [0.717, 1.165) is 0 Å². The van der Waals surface area contributed by atoms with Crippen molar-refractivity contribution in [3.63, 3.8) is 0 Å². The van der Waals surface area contributed by atoms with Gasteiger partial charge < -0.3 is 15.2 Å². The van der Waals surface area contributed by atoms with E-state index in [1.165, 1.54) is 12.1 Å². The molecule has 112 valence electrons. The molecule has 0 bridgehead atoms. The third-order valence-electron chi connectivity index (χ3n) is 2.46. The number of anilines is 1. The highest BCUT2D eigenvalue weighted by molar-refractivity contribution is 5.66. The highest BCUT2D eigenvalue weighted by Gasteiger charge is 2.28. The number of alkyl halides is 3. The Bertz CT molecular complexity index is 431. The van der Waals surface area contributed by atoms with Gasteiger partial charge in [-0.25, -0.2) is 0 Å². The summed E-state index contributed by atoms with van der Waals surface area (Å²) in [7, 11) is 0. The number of hydrogen-bond donors (Lipinski definition) is 2. The monoisotopic (exact) mass is 291 g/mol. The van der Waals surface area contributed by atoms with Crippen molar-refractivity contribution in [2.24, 2.45) is 0 Å². The van der Waals surface area contributed by atoms with Crippen LogP contribution in [0.3, 0.4) is 0 Å². The fourth-order valence-electron chi connectivity index (χ4n) is 1.51. The number of carboxylic acids is 1. The highest BCUT2D eigenvalue weighted by atomic mass is 19.4.